The number of carbonyl (C=O) groups excluding carboxylic acids is 1. The average molecular weight is 292 g/mol. The SMILES string of the molecule is CCc1cccc(NC(=O)NCC(CC(C)C)C(=O)O)c1. The molecule has 2 amide bonds. The van der Waals surface area contributed by atoms with Gasteiger partial charge in [0.1, 0.15) is 0 Å². The van der Waals surface area contributed by atoms with Gasteiger partial charge >= 0.3 is 12.0 Å². The summed E-state index contributed by atoms with van der Waals surface area (Å²) in [5.74, 6) is -1.16. The van der Waals surface area contributed by atoms with Crippen molar-refractivity contribution < 1.29 is 14.7 Å². The Morgan fingerprint density at radius 1 is 1.29 bits per heavy atom. The van der Waals surface area contributed by atoms with Gasteiger partial charge in [-0.05, 0) is 36.5 Å². The zero-order chi connectivity index (χ0) is 15.8. The largest absolute Gasteiger partial charge is 0.481 e. The van der Waals surface area contributed by atoms with E-state index < -0.39 is 11.9 Å². The van der Waals surface area contributed by atoms with Crippen LogP contribution in [0.5, 0.6) is 0 Å². The molecule has 0 radical (unpaired) electrons. The molecular formula is C16H24N2O3. The maximum absolute atomic E-state index is 11.8. The Morgan fingerprint density at radius 3 is 2.57 bits per heavy atom. The average Bonchev–Trinajstić information content (AvgIpc) is 2.43. The number of urea groups is 1. The zero-order valence-corrected chi connectivity index (χ0v) is 12.8. The molecule has 0 saturated heterocycles. The summed E-state index contributed by atoms with van der Waals surface area (Å²) in [6.45, 7) is 6.11. The number of rotatable bonds is 7. The Morgan fingerprint density at radius 2 is 2.00 bits per heavy atom. The molecule has 0 heterocycles. The van der Waals surface area contributed by atoms with Gasteiger partial charge < -0.3 is 15.7 Å². The Balaban J connectivity index is 2.50. The van der Waals surface area contributed by atoms with Gasteiger partial charge in [-0.3, -0.25) is 4.79 Å². The highest BCUT2D eigenvalue weighted by Gasteiger charge is 2.19. The number of anilines is 1. The minimum Gasteiger partial charge on any atom is -0.481 e. The van der Waals surface area contributed by atoms with E-state index in [-0.39, 0.29) is 18.5 Å². The summed E-state index contributed by atoms with van der Waals surface area (Å²) in [7, 11) is 0. The molecule has 3 N–H and O–H groups in total. The first-order chi connectivity index (χ1) is 9.92. The molecule has 0 saturated carbocycles. The number of aryl methyl sites for hydroxylation is 1. The number of carboxylic acids is 1. The quantitative estimate of drug-likeness (QED) is 0.722. The van der Waals surface area contributed by atoms with Gasteiger partial charge in [-0.15, -0.1) is 0 Å². The van der Waals surface area contributed by atoms with E-state index in [2.05, 4.69) is 10.6 Å². The normalized spacial score (nSPS) is 12.0. The van der Waals surface area contributed by atoms with Gasteiger partial charge in [0.05, 0.1) is 5.92 Å². The molecule has 0 aliphatic heterocycles. The standard InChI is InChI=1S/C16H24N2O3/c1-4-12-6-5-7-14(9-12)18-16(21)17-10-13(15(19)20)8-11(2)3/h5-7,9,11,13H,4,8,10H2,1-3H3,(H,19,20)(H2,17,18,21). The van der Waals surface area contributed by atoms with E-state index in [9.17, 15) is 9.59 Å². The third-order valence-corrected chi connectivity index (χ3v) is 3.21. The third-order valence-electron chi connectivity index (χ3n) is 3.21. The van der Waals surface area contributed by atoms with E-state index >= 15 is 0 Å². The molecule has 1 unspecified atom stereocenters. The summed E-state index contributed by atoms with van der Waals surface area (Å²) in [6.07, 6.45) is 1.44. The lowest BCUT2D eigenvalue weighted by Crippen LogP contribution is -2.36. The molecule has 5 heteroatoms. The van der Waals surface area contributed by atoms with Crippen LogP contribution in [0.25, 0.3) is 0 Å². The van der Waals surface area contributed by atoms with Gasteiger partial charge in [-0.2, -0.15) is 0 Å². The van der Waals surface area contributed by atoms with Crippen molar-refractivity contribution in [1.29, 1.82) is 0 Å². The number of carbonyl (C=O) groups is 2. The molecule has 1 aromatic carbocycles. The Labute approximate surface area is 125 Å². The van der Waals surface area contributed by atoms with E-state index in [0.717, 1.165) is 12.0 Å². The summed E-state index contributed by atoms with van der Waals surface area (Å²) >= 11 is 0. The van der Waals surface area contributed by atoms with E-state index in [0.29, 0.717) is 12.1 Å². The Kier molecular flexibility index (Phi) is 6.72. The van der Waals surface area contributed by atoms with Crippen molar-refractivity contribution in [1.82, 2.24) is 5.32 Å². The topological polar surface area (TPSA) is 78.4 Å². The molecule has 1 aromatic rings. The lowest BCUT2D eigenvalue weighted by Gasteiger charge is -2.16. The molecule has 0 spiro atoms. The first-order valence-electron chi connectivity index (χ1n) is 7.29. The van der Waals surface area contributed by atoms with Gasteiger partial charge in [0.25, 0.3) is 0 Å². The number of carboxylic acid groups (broad SMARTS) is 1. The molecular weight excluding hydrogens is 268 g/mol. The Hall–Kier alpha value is -2.04. The summed E-state index contributed by atoms with van der Waals surface area (Å²) in [5, 5.41) is 14.5. The number of nitrogens with one attached hydrogen (secondary N) is 2. The van der Waals surface area contributed by atoms with Crippen LogP contribution in [0.1, 0.15) is 32.8 Å². The van der Waals surface area contributed by atoms with Gasteiger partial charge in [-0.25, -0.2) is 4.79 Å². The lowest BCUT2D eigenvalue weighted by atomic mass is 9.97. The van der Waals surface area contributed by atoms with Crippen LogP contribution < -0.4 is 10.6 Å². The second-order valence-electron chi connectivity index (χ2n) is 5.55. The predicted molar refractivity (Wildman–Crippen MR) is 83.4 cm³/mol. The fourth-order valence-corrected chi connectivity index (χ4v) is 2.10. The highest BCUT2D eigenvalue weighted by Crippen LogP contribution is 2.12. The fourth-order valence-electron chi connectivity index (χ4n) is 2.10. The van der Waals surface area contributed by atoms with Crippen molar-refractivity contribution in [3.8, 4) is 0 Å². The highest BCUT2D eigenvalue weighted by atomic mass is 16.4. The van der Waals surface area contributed by atoms with Gasteiger partial charge in [-0.1, -0.05) is 32.9 Å². The maximum atomic E-state index is 11.8. The summed E-state index contributed by atoms with van der Waals surface area (Å²) < 4.78 is 0. The number of benzene rings is 1. The van der Waals surface area contributed by atoms with E-state index in [1.807, 2.05) is 45.0 Å². The summed E-state index contributed by atoms with van der Waals surface area (Å²) in [6, 6.07) is 7.21. The fraction of sp³-hybridized carbons (Fsp3) is 0.500. The number of hydrogen-bond donors (Lipinski definition) is 3. The smallest absolute Gasteiger partial charge is 0.319 e. The monoisotopic (exact) mass is 292 g/mol. The summed E-state index contributed by atoms with van der Waals surface area (Å²) in [4.78, 5) is 22.9. The summed E-state index contributed by atoms with van der Waals surface area (Å²) in [5.41, 5.74) is 1.85. The van der Waals surface area contributed by atoms with Crippen LogP contribution in [0.4, 0.5) is 10.5 Å². The van der Waals surface area contributed by atoms with Crippen LogP contribution in [0, 0.1) is 11.8 Å². The van der Waals surface area contributed by atoms with Gasteiger partial charge in [0, 0.05) is 12.2 Å². The van der Waals surface area contributed by atoms with Crippen molar-refractivity contribution in [3.63, 3.8) is 0 Å². The van der Waals surface area contributed by atoms with Crippen molar-refractivity contribution in [2.24, 2.45) is 11.8 Å². The molecule has 0 aliphatic rings. The first kappa shape index (κ1) is 17.0. The molecule has 0 aliphatic carbocycles. The molecule has 116 valence electrons. The molecule has 0 bridgehead atoms. The molecule has 21 heavy (non-hydrogen) atoms. The van der Waals surface area contributed by atoms with Crippen LogP contribution in [-0.2, 0) is 11.2 Å². The minimum absolute atomic E-state index is 0.132. The lowest BCUT2D eigenvalue weighted by molar-refractivity contribution is -0.142. The van der Waals surface area contributed by atoms with E-state index in [4.69, 9.17) is 5.11 Å². The molecule has 0 aromatic heterocycles. The highest BCUT2D eigenvalue weighted by molar-refractivity contribution is 5.89. The van der Waals surface area contributed by atoms with Crippen molar-refractivity contribution in [2.45, 2.75) is 33.6 Å². The van der Waals surface area contributed by atoms with Crippen LogP contribution >= 0.6 is 0 Å². The number of aliphatic carboxylic acids is 1. The first-order valence-corrected chi connectivity index (χ1v) is 7.29. The minimum atomic E-state index is -0.878. The predicted octanol–water partition coefficient (Wildman–Crippen LogP) is 3.12. The van der Waals surface area contributed by atoms with Crippen molar-refractivity contribution in [3.05, 3.63) is 29.8 Å². The maximum Gasteiger partial charge on any atom is 0.319 e. The molecule has 5 nitrogen and oxygen atoms in total. The van der Waals surface area contributed by atoms with Crippen LogP contribution in [0.3, 0.4) is 0 Å². The number of amides is 2. The van der Waals surface area contributed by atoms with Crippen LogP contribution in [0.2, 0.25) is 0 Å². The second-order valence-corrected chi connectivity index (χ2v) is 5.55. The molecule has 0 fully saturated rings. The second kappa shape index (κ2) is 8.29. The van der Waals surface area contributed by atoms with Crippen molar-refractivity contribution in [2.75, 3.05) is 11.9 Å². The van der Waals surface area contributed by atoms with Crippen LogP contribution in [-0.4, -0.2) is 23.7 Å². The van der Waals surface area contributed by atoms with Gasteiger partial charge in [0.2, 0.25) is 0 Å². The van der Waals surface area contributed by atoms with Crippen LogP contribution in [0.15, 0.2) is 24.3 Å². The molecule has 1 atom stereocenters. The number of hydrogen-bond acceptors (Lipinski definition) is 2. The van der Waals surface area contributed by atoms with Crippen molar-refractivity contribution >= 4 is 17.7 Å². The Bertz CT molecular complexity index is 486. The third kappa shape index (κ3) is 6.29. The van der Waals surface area contributed by atoms with E-state index in [1.54, 1.807) is 0 Å². The molecule has 1 rings (SSSR count). The van der Waals surface area contributed by atoms with Gasteiger partial charge in [0.15, 0.2) is 0 Å². The van der Waals surface area contributed by atoms with E-state index in [1.165, 1.54) is 0 Å². The zero-order valence-electron chi connectivity index (χ0n) is 12.8.